The Labute approximate surface area is 105 Å². The van der Waals surface area contributed by atoms with Crippen LogP contribution < -0.4 is 0 Å². The molecule has 0 amide bonds. The van der Waals surface area contributed by atoms with E-state index in [1.807, 2.05) is 19.7 Å². The molecule has 0 rings (SSSR count). The minimum Gasteiger partial charge on any atom is -0.763 e. The summed E-state index contributed by atoms with van der Waals surface area (Å²) in [5.41, 5.74) is 0.243. The summed E-state index contributed by atoms with van der Waals surface area (Å²) in [5, 5.41) is 8.80. The monoisotopic (exact) mass is 238 g/mol. The maximum Gasteiger partial charge on any atom is 0.340 e. The molecule has 0 saturated heterocycles. The summed E-state index contributed by atoms with van der Waals surface area (Å²) < 4.78 is 5.24. The van der Waals surface area contributed by atoms with Crippen LogP contribution in [-0.2, 0) is 9.53 Å². The summed E-state index contributed by atoms with van der Waals surface area (Å²) in [4.78, 5) is 11.6. The topological polar surface area (TPSA) is 48.6 Å². The molecule has 0 aromatic carbocycles. The molecule has 0 aliphatic rings. The van der Waals surface area contributed by atoms with E-state index in [2.05, 4.69) is 6.92 Å². The molecular formula is C14H24NO2-. The van der Waals surface area contributed by atoms with Gasteiger partial charge in [0.1, 0.15) is 0 Å². The van der Waals surface area contributed by atoms with Gasteiger partial charge < -0.3 is 10.1 Å². The van der Waals surface area contributed by atoms with Crippen molar-refractivity contribution in [2.24, 2.45) is 0 Å². The molecule has 0 N–H and O–H groups in total. The third-order valence-electron chi connectivity index (χ3n) is 2.65. The summed E-state index contributed by atoms with van der Waals surface area (Å²) in [7, 11) is 0. The van der Waals surface area contributed by atoms with Gasteiger partial charge in [-0.3, -0.25) is 5.87 Å². The zero-order valence-electron chi connectivity index (χ0n) is 11.3. The van der Waals surface area contributed by atoms with Gasteiger partial charge in [-0.1, -0.05) is 39.5 Å². The average Bonchev–Trinajstić information content (AvgIpc) is 2.31. The molecule has 0 aromatic rings. The lowest BCUT2D eigenvalue weighted by Gasteiger charge is -2.14. The average molecular weight is 238 g/mol. The molecule has 3 heteroatoms. The quantitative estimate of drug-likeness (QED) is 0.265. The zero-order valence-corrected chi connectivity index (χ0v) is 11.3. The first-order valence-electron chi connectivity index (χ1n) is 6.62. The maximum absolute atomic E-state index is 11.6. The standard InChI is InChI=1S/C14H24NO2/c1-4-6-7-8-10-12(3)17-14(16)13(11-15)9-5-2/h12H,4-10H2,1-3H3/q-1. The number of ether oxygens (including phenoxy) is 1. The van der Waals surface area contributed by atoms with Gasteiger partial charge in [0.2, 0.25) is 0 Å². The maximum atomic E-state index is 11.6. The van der Waals surface area contributed by atoms with Gasteiger partial charge in [0, 0.05) is 0 Å². The van der Waals surface area contributed by atoms with E-state index in [1.165, 1.54) is 19.3 Å². The predicted octanol–water partition coefficient (Wildman–Crippen LogP) is 3.85. The molecule has 0 saturated carbocycles. The Balaban J connectivity index is 3.90. The highest BCUT2D eigenvalue weighted by molar-refractivity contribution is 5.98. The van der Waals surface area contributed by atoms with Crippen molar-refractivity contribution in [1.29, 1.82) is 0 Å². The van der Waals surface area contributed by atoms with E-state index in [-0.39, 0.29) is 11.7 Å². The fourth-order valence-electron chi connectivity index (χ4n) is 1.62. The molecule has 17 heavy (non-hydrogen) atoms. The normalized spacial score (nSPS) is 11.7. The van der Waals surface area contributed by atoms with Crippen LogP contribution in [0, 0.1) is 0 Å². The fourth-order valence-corrected chi connectivity index (χ4v) is 1.62. The van der Waals surface area contributed by atoms with E-state index < -0.39 is 5.97 Å². The first kappa shape index (κ1) is 15.9. The summed E-state index contributed by atoms with van der Waals surface area (Å²) in [6, 6.07) is 0. The third kappa shape index (κ3) is 7.76. The second-order valence-electron chi connectivity index (χ2n) is 4.41. The Morgan fingerprint density at radius 1 is 1.24 bits per heavy atom. The smallest absolute Gasteiger partial charge is 0.340 e. The van der Waals surface area contributed by atoms with Gasteiger partial charge in [-0.25, -0.2) is 4.79 Å². The molecule has 0 aromatic heterocycles. The van der Waals surface area contributed by atoms with Gasteiger partial charge in [0.05, 0.1) is 11.7 Å². The van der Waals surface area contributed by atoms with Crippen molar-refractivity contribution in [1.82, 2.24) is 0 Å². The van der Waals surface area contributed by atoms with Crippen LogP contribution in [0.5, 0.6) is 0 Å². The fraction of sp³-hybridized carbons (Fsp3) is 0.786. The lowest BCUT2D eigenvalue weighted by Crippen LogP contribution is -2.16. The van der Waals surface area contributed by atoms with E-state index in [1.54, 1.807) is 0 Å². The van der Waals surface area contributed by atoms with Crippen LogP contribution in [0.1, 0.15) is 65.7 Å². The van der Waals surface area contributed by atoms with Crippen LogP contribution in [0.15, 0.2) is 5.57 Å². The highest BCUT2D eigenvalue weighted by atomic mass is 16.5. The molecule has 0 fully saturated rings. The number of unbranched alkanes of at least 4 members (excludes halogenated alkanes) is 3. The molecule has 0 heterocycles. The van der Waals surface area contributed by atoms with Crippen molar-refractivity contribution in [2.75, 3.05) is 0 Å². The lowest BCUT2D eigenvalue weighted by molar-refractivity contribution is -0.143. The molecule has 0 radical (unpaired) electrons. The molecule has 98 valence electrons. The van der Waals surface area contributed by atoms with Crippen LogP contribution >= 0.6 is 0 Å². The van der Waals surface area contributed by atoms with E-state index in [0.29, 0.717) is 6.42 Å². The van der Waals surface area contributed by atoms with Crippen LogP contribution in [0.4, 0.5) is 0 Å². The molecular weight excluding hydrogens is 214 g/mol. The highest BCUT2D eigenvalue weighted by Gasteiger charge is 2.12. The number of esters is 1. The van der Waals surface area contributed by atoms with Gasteiger partial charge in [-0.15, -0.1) is 0 Å². The number of hydrogen-bond donors (Lipinski definition) is 0. The molecule has 3 nitrogen and oxygen atoms in total. The first-order valence-corrected chi connectivity index (χ1v) is 6.62. The molecule has 0 spiro atoms. The second kappa shape index (κ2) is 10.1. The van der Waals surface area contributed by atoms with E-state index in [0.717, 1.165) is 19.3 Å². The predicted molar refractivity (Wildman–Crippen MR) is 71.1 cm³/mol. The minimum absolute atomic E-state index is 0.0837. The van der Waals surface area contributed by atoms with E-state index >= 15 is 0 Å². The van der Waals surface area contributed by atoms with Crippen LogP contribution in [-0.4, -0.2) is 17.9 Å². The number of carbonyl (C=O) groups excluding carboxylic acids is 1. The number of carbonyl (C=O) groups is 1. The van der Waals surface area contributed by atoms with Crippen LogP contribution in [0.3, 0.4) is 0 Å². The van der Waals surface area contributed by atoms with Crippen LogP contribution in [0.2, 0.25) is 0 Å². The lowest BCUT2D eigenvalue weighted by atomic mass is 10.1. The van der Waals surface area contributed by atoms with Gasteiger partial charge in [-0.05, 0) is 26.2 Å². The third-order valence-corrected chi connectivity index (χ3v) is 2.65. The number of rotatable bonds is 9. The zero-order chi connectivity index (χ0) is 13.1. The molecule has 1 unspecified atom stereocenters. The molecule has 0 bridgehead atoms. The van der Waals surface area contributed by atoms with E-state index in [9.17, 15) is 4.79 Å². The summed E-state index contributed by atoms with van der Waals surface area (Å²) in [6.45, 7) is 6.01. The highest BCUT2D eigenvalue weighted by Crippen LogP contribution is 2.11. The number of hydrogen-bond acceptors (Lipinski definition) is 2. The Morgan fingerprint density at radius 2 is 1.94 bits per heavy atom. The van der Waals surface area contributed by atoms with Crippen molar-refractivity contribution in [3.63, 3.8) is 0 Å². The second-order valence-corrected chi connectivity index (χ2v) is 4.41. The summed E-state index contributed by atoms with van der Waals surface area (Å²) in [6.07, 6.45) is 6.81. The molecule has 0 aliphatic heterocycles. The first-order chi connectivity index (χ1) is 8.15. The Kier molecular flexibility index (Phi) is 9.46. The Bertz CT molecular complexity index is 267. The van der Waals surface area contributed by atoms with Crippen LogP contribution in [0.25, 0.3) is 5.41 Å². The Morgan fingerprint density at radius 3 is 2.47 bits per heavy atom. The van der Waals surface area contributed by atoms with Gasteiger partial charge in [0.25, 0.3) is 0 Å². The van der Waals surface area contributed by atoms with Crippen molar-refractivity contribution >= 4 is 11.8 Å². The van der Waals surface area contributed by atoms with Crippen molar-refractivity contribution < 1.29 is 9.53 Å². The van der Waals surface area contributed by atoms with Crippen molar-refractivity contribution in [3.8, 4) is 0 Å². The minimum atomic E-state index is -0.433. The van der Waals surface area contributed by atoms with Gasteiger partial charge in [0.15, 0.2) is 0 Å². The summed E-state index contributed by atoms with van der Waals surface area (Å²) >= 11 is 0. The Hall–Kier alpha value is -1.08. The van der Waals surface area contributed by atoms with Crippen molar-refractivity contribution in [3.05, 3.63) is 11.0 Å². The van der Waals surface area contributed by atoms with Gasteiger partial charge >= 0.3 is 5.97 Å². The molecule has 1 atom stereocenters. The summed E-state index contributed by atoms with van der Waals surface area (Å²) in [5.74, 6) is 1.49. The van der Waals surface area contributed by atoms with Crippen molar-refractivity contribution in [2.45, 2.75) is 71.8 Å². The van der Waals surface area contributed by atoms with E-state index in [4.69, 9.17) is 10.1 Å². The SMILES string of the molecule is CCCCCCC(C)OC(=O)C(=C=[N-])CCC. The number of nitrogens with zero attached hydrogens (tertiary/aromatic N) is 1. The largest absolute Gasteiger partial charge is 0.763 e. The van der Waals surface area contributed by atoms with Gasteiger partial charge in [-0.2, -0.15) is 0 Å². The molecule has 0 aliphatic carbocycles.